The summed E-state index contributed by atoms with van der Waals surface area (Å²) in [7, 11) is 0. The Kier molecular flexibility index (Phi) is 4.84. The summed E-state index contributed by atoms with van der Waals surface area (Å²) in [5.41, 5.74) is 1.32. The smallest absolute Gasteiger partial charge is 0.106 e. The van der Waals surface area contributed by atoms with Gasteiger partial charge in [0.1, 0.15) is 4.60 Å². The molecule has 1 rings (SSSR count). The Labute approximate surface area is 89.8 Å². The highest BCUT2D eigenvalue weighted by molar-refractivity contribution is 9.10. The minimum Gasteiger partial charge on any atom is -0.249 e. The largest absolute Gasteiger partial charge is 0.249 e. The highest BCUT2D eigenvalue weighted by atomic mass is 79.9. The van der Waals surface area contributed by atoms with Crippen molar-refractivity contribution < 1.29 is 0 Å². The van der Waals surface area contributed by atoms with Gasteiger partial charge in [0.2, 0.25) is 0 Å². The lowest BCUT2D eigenvalue weighted by molar-refractivity contribution is 0.802. The molecule has 66 valence electrons. The molecular weight excluding hydrogens is 282 g/mol. The standard InChI is InChI=1S/C9H11Br2N/c10-6-2-1-3-8-4-5-9(11)12-7-8/h4-5,7H,1-3,6H2. The quantitative estimate of drug-likeness (QED) is 0.470. The molecule has 0 fully saturated rings. The maximum atomic E-state index is 4.16. The van der Waals surface area contributed by atoms with E-state index in [0.29, 0.717) is 0 Å². The Morgan fingerprint density at radius 2 is 2.08 bits per heavy atom. The third-order valence-corrected chi connectivity index (χ3v) is 2.67. The Balaban J connectivity index is 2.37. The average molecular weight is 293 g/mol. The number of alkyl halides is 1. The summed E-state index contributed by atoms with van der Waals surface area (Å²) in [6.07, 6.45) is 5.52. The lowest BCUT2D eigenvalue weighted by atomic mass is 10.1. The number of aromatic nitrogens is 1. The van der Waals surface area contributed by atoms with Crippen LogP contribution in [0.5, 0.6) is 0 Å². The van der Waals surface area contributed by atoms with Crippen LogP contribution < -0.4 is 0 Å². The molecule has 0 aliphatic rings. The van der Waals surface area contributed by atoms with Gasteiger partial charge in [0, 0.05) is 11.5 Å². The molecule has 0 bridgehead atoms. The number of pyridine rings is 1. The zero-order valence-electron chi connectivity index (χ0n) is 6.76. The summed E-state index contributed by atoms with van der Waals surface area (Å²) < 4.78 is 0.909. The molecule has 0 spiro atoms. The Morgan fingerprint density at radius 3 is 2.67 bits per heavy atom. The molecule has 0 atom stereocenters. The Bertz CT molecular complexity index is 220. The zero-order chi connectivity index (χ0) is 8.81. The van der Waals surface area contributed by atoms with E-state index in [4.69, 9.17) is 0 Å². The van der Waals surface area contributed by atoms with Crippen LogP contribution >= 0.6 is 31.9 Å². The van der Waals surface area contributed by atoms with Gasteiger partial charge in [0.15, 0.2) is 0 Å². The molecule has 1 aromatic rings. The van der Waals surface area contributed by atoms with Crippen molar-refractivity contribution in [2.75, 3.05) is 5.33 Å². The molecule has 0 amide bonds. The molecule has 0 N–H and O–H groups in total. The van der Waals surface area contributed by atoms with Crippen LogP contribution in [0.3, 0.4) is 0 Å². The molecule has 0 aliphatic carbocycles. The predicted octanol–water partition coefficient (Wildman–Crippen LogP) is 3.56. The number of hydrogen-bond donors (Lipinski definition) is 0. The van der Waals surface area contributed by atoms with E-state index >= 15 is 0 Å². The summed E-state index contributed by atoms with van der Waals surface area (Å²) in [4.78, 5) is 4.16. The van der Waals surface area contributed by atoms with Crippen LogP contribution in [-0.2, 0) is 6.42 Å². The molecule has 0 aromatic carbocycles. The third-order valence-electron chi connectivity index (χ3n) is 1.64. The van der Waals surface area contributed by atoms with E-state index < -0.39 is 0 Å². The fraction of sp³-hybridized carbons (Fsp3) is 0.444. The third kappa shape index (κ3) is 3.68. The minimum absolute atomic E-state index is 0.909. The first-order chi connectivity index (χ1) is 5.83. The lowest BCUT2D eigenvalue weighted by Crippen LogP contribution is -1.87. The van der Waals surface area contributed by atoms with Crippen molar-refractivity contribution in [3.63, 3.8) is 0 Å². The van der Waals surface area contributed by atoms with E-state index in [9.17, 15) is 0 Å². The first kappa shape index (κ1) is 10.2. The second-order valence-corrected chi connectivity index (χ2v) is 4.24. The highest BCUT2D eigenvalue weighted by Crippen LogP contribution is 2.09. The second-order valence-electron chi connectivity index (χ2n) is 2.64. The molecule has 0 radical (unpaired) electrons. The SMILES string of the molecule is BrCCCCc1ccc(Br)nc1. The van der Waals surface area contributed by atoms with E-state index in [1.165, 1.54) is 18.4 Å². The molecule has 0 unspecified atom stereocenters. The van der Waals surface area contributed by atoms with Crippen LogP contribution in [-0.4, -0.2) is 10.3 Å². The number of halogens is 2. The van der Waals surface area contributed by atoms with Crippen LogP contribution in [0.4, 0.5) is 0 Å². The van der Waals surface area contributed by atoms with Crippen molar-refractivity contribution in [2.45, 2.75) is 19.3 Å². The van der Waals surface area contributed by atoms with Crippen molar-refractivity contribution in [1.82, 2.24) is 4.98 Å². The van der Waals surface area contributed by atoms with Gasteiger partial charge in [-0.3, -0.25) is 0 Å². The maximum absolute atomic E-state index is 4.16. The fourth-order valence-corrected chi connectivity index (χ4v) is 1.61. The van der Waals surface area contributed by atoms with Gasteiger partial charge in [-0.2, -0.15) is 0 Å². The van der Waals surface area contributed by atoms with Gasteiger partial charge >= 0.3 is 0 Å². The topological polar surface area (TPSA) is 12.9 Å². The van der Waals surface area contributed by atoms with Crippen molar-refractivity contribution in [2.24, 2.45) is 0 Å². The van der Waals surface area contributed by atoms with Gasteiger partial charge in [0.05, 0.1) is 0 Å². The van der Waals surface area contributed by atoms with Gasteiger partial charge in [-0.1, -0.05) is 22.0 Å². The van der Waals surface area contributed by atoms with E-state index in [1.807, 2.05) is 12.3 Å². The summed E-state index contributed by atoms with van der Waals surface area (Å²) in [5, 5.41) is 1.09. The normalized spacial score (nSPS) is 10.2. The van der Waals surface area contributed by atoms with Gasteiger partial charge < -0.3 is 0 Å². The fourth-order valence-electron chi connectivity index (χ4n) is 0.978. The van der Waals surface area contributed by atoms with Crippen molar-refractivity contribution in [3.8, 4) is 0 Å². The van der Waals surface area contributed by atoms with Gasteiger partial charge in [-0.15, -0.1) is 0 Å². The van der Waals surface area contributed by atoms with Crippen LogP contribution in [0.25, 0.3) is 0 Å². The van der Waals surface area contributed by atoms with Gasteiger partial charge in [-0.05, 0) is 46.8 Å². The van der Waals surface area contributed by atoms with Crippen molar-refractivity contribution >= 4 is 31.9 Å². The first-order valence-electron chi connectivity index (χ1n) is 3.99. The number of rotatable bonds is 4. The molecule has 0 saturated carbocycles. The predicted molar refractivity (Wildman–Crippen MR) is 58.7 cm³/mol. The molecule has 1 nitrogen and oxygen atoms in total. The summed E-state index contributed by atoms with van der Waals surface area (Å²) in [5.74, 6) is 0. The van der Waals surface area contributed by atoms with Gasteiger partial charge in [0.25, 0.3) is 0 Å². The Hall–Kier alpha value is 0.110. The highest BCUT2D eigenvalue weighted by Gasteiger charge is 1.93. The summed E-state index contributed by atoms with van der Waals surface area (Å²) >= 11 is 6.72. The van der Waals surface area contributed by atoms with E-state index in [2.05, 4.69) is 42.9 Å². The van der Waals surface area contributed by atoms with Crippen LogP contribution in [0, 0.1) is 0 Å². The molecule has 1 aromatic heterocycles. The molecular formula is C9H11Br2N. The average Bonchev–Trinajstić information content (AvgIpc) is 2.09. The number of aryl methyl sites for hydroxylation is 1. The number of unbranched alkanes of at least 4 members (excludes halogenated alkanes) is 1. The Morgan fingerprint density at radius 1 is 1.25 bits per heavy atom. The van der Waals surface area contributed by atoms with Gasteiger partial charge in [-0.25, -0.2) is 4.98 Å². The van der Waals surface area contributed by atoms with Crippen molar-refractivity contribution in [3.05, 3.63) is 28.5 Å². The van der Waals surface area contributed by atoms with Crippen LogP contribution in [0.2, 0.25) is 0 Å². The lowest BCUT2D eigenvalue weighted by Gasteiger charge is -1.98. The van der Waals surface area contributed by atoms with E-state index in [0.717, 1.165) is 16.4 Å². The van der Waals surface area contributed by atoms with Crippen LogP contribution in [0.1, 0.15) is 18.4 Å². The summed E-state index contributed by atoms with van der Waals surface area (Å²) in [6.45, 7) is 0. The molecule has 0 aliphatic heterocycles. The van der Waals surface area contributed by atoms with Crippen molar-refractivity contribution in [1.29, 1.82) is 0 Å². The van der Waals surface area contributed by atoms with Crippen LogP contribution in [0.15, 0.2) is 22.9 Å². The maximum Gasteiger partial charge on any atom is 0.106 e. The summed E-state index contributed by atoms with van der Waals surface area (Å²) in [6, 6.07) is 4.11. The monoisotopic (exact) mass is 291 g/mol. The second kappa shape index (κ2) is 5.70. The van der Waals surface area contributed by atoms with E-state index in [1.54, 1.807) is 0 Å². The zero-order valence-corrected chi connectivity index (χ0v) is 9.94. The first-order valence-corrected chi connectivity index (χ1v) is 5.91. The minimum atomic E-state index is 0.909. The molecule has 1 heterocycles. The molecule has 0 saturated heterocycles. The number of nitrogens with zero attached hydrogens (tertiary/aromatic N) is 1. The van der Waals surface area contributed by atoms with E-state index in [-0.39, 0.29) is 0 Å². The number of hydrogen-bond acceptors (Lipinski definition) is 1. The molecule has 12 heavy (non-hydrogen) atoms. The molecule has 3 heteroatoms.